The van der Waals surface area contributed by atoms with Crippen LogP contribution >= 0.6 is 0 Å². The molecule has 3 nitrogen and oxygen atoms in total. The molecule has 1 amide bonds. The average molecular weight is 270 g/mol. The Labute approximate surface area is 117 Å². The molecule has 1 aromatic carbocycles. The van der Waals surface area contributed by atoms with Crippen molar-refractivity contribution in [3.8, 4) is 18.0 Å². The lowest BCUT2D eigenvalue weighted by Crippen LogP contribution is -2.23. The third-order valence-electron chi connectivity index (χ3n) is 3.11. The largest absolute Gasteiger partial charge is 0.341 e. The summed E-state index contributed by atoms with van der Waals surface area (Å²) in [7, 11) is 0. The number of hydrogen-bond acceptors (Lipinski definition) is 1. The smallest absolute Gasteiger partial charge is 0.253 e. The maximum atomic E-state index is 13.0. The lowest BCUT2D eigenvalue weighted by Gasteiger charge is -2.09. The van der Waals surface area contributed by atoms with E-state index < -0.39 is 0 Å². The molecule has 0 aliphatic rings. The van der Waals surface area contributed by atoms with Gasteiger partial charge in [0, 0.05) is 17.1 Å². The number of nitrogens with one attached hydrogen (secondary N) is 1. The van der Waals surface area contributed by atoms with Crippen molar-refractivity contribution < 1.29 is 9.18 Å². The van der Waals surface area contributed by atoms with Gasteiger partial charge in [-0.25, -0.2) is 4.39 Å². The molecule has 1 heterocycles. The second-order valence-corrected chi connectivity index (χ2v) is 4.48. The van der Waals surface area contributed by atoms with Crippen LogP contribution in [0.2, 0.25) is 0 Å². The molecule has 0 aliphatic heterocycles. The molecule has 0 saturated heterocycles. The number of carbonyl (C=O) groups excluding carboxylic acids is 1. The maximum absolute atomic E-state index is 13.0. The van der Waals surface area contributed by atoms with Gasteiger partial charge in [-0.05, 0) is 44.2 Å². The topological polar surface area (TPSA) is 34.0 Å². The molecule has 102 valence electrons. The molecule has 0 spiro atoms. The number of carbonyl (C=O) groups is 1. The first kappa shape index (κ1) is 13.9. The summed E-state index contributed by atoms with van der Waals surface area (Å²) in [6, 6.07) is 7.94. The molecule has 1 N–H and O–H groups in total. The van der Waals surface area contributed by atoms with Crippen molar-refractivity contribution in [3.63, 3.8) is 0 Å². The van der Waals surface area contributed by atoms with Crippen LogP contribution in [-0.4, -0.2) is 17.0 Å². The van der Waals surface area contributed by atoms with Gasteiger partial charge in [-0.2, -0.15) is 0 Å². The van der Waals surface area contributed by atoms with Crippen LogP contribution in [0.4, 0.5) is 4.39 Å². The van der Waals surface area contributed by atoms with Crippen molar-refractivity contribution in [1.29, 1.82) is 0 Å². The Balaban J connectivity index is 2.41. The Hall–Kier alpha value is -2.54. The number of halogens is 1. The van der Waals surface area contributed by atoms with Gasteiger partial charge in [0.05, 0.1) is 12.1 Å². The second-order valence-electron chi connectivity index (χ2n) is 4.48. The van der Waals surface area contributed by atoms with E-state index in [1.54, 1.807) is 18.2 Å². The first-order chi connectivity index (χ1) is 9.54. The van der Waals surface area contributed by atoms with Gasteiger partial charge >= 0.3 is 0 Å². The molecule has 0 aliphatic carbocycles. The average Bonchev–Trinajstić information content (AvgIpc) is 2.73. The zero-order chi connectivity index (χ0) is 14.7. The fourth-order valence-corrected chi connectivity index (χ4v) is 2.21. The van der Waals surface area contributed by atoms with E-state index in [2.05, 4.69) is 11.2 Å². The molecule has 0 bridgehead atoms. The number of aromatic nitrogens is 1. The molecule has 0 fully saturated rings. The van der Waals surface area contributed by atoms with Crippen LogP contribution in [0.3, 0.4) is 0 Å². The molecule has 1 aromatic heterocycles. The highest BCUT2D eigenvalue weighted by Gasteiger charge is 2.16. The minimum atomic E-state index is -0.289. The maximum Gasteiger partial charge on any atom is 0.253 e. The summed E-state index contributed by atoms with van der Waals surface area (Å²) >= 11 is 0. The summed E-state index contributed by atoms with van der Waals surface area (Å²) in [5.74, 6) is 1.87. The minimum Gasteiger partial charge on any atom is -0.341 e. The van der Waals surface area contributed by atoms with Gasteiger partial charge in [0.2, 0.25) is 0 Å². The molecule has 20 heavy (non-hydrogen) atoms. The highest BCUT2D eigenvalue weighted by molar-refractivity contribution is 5.96. The number of amides is 1. The Bertz CT molecular complexity index is 678. The molecular formula is C16H15FN2O. The molecule has 2 aromatic rings. The Morgan fingerprint density at radius 2 is 2.00 bits per heavy atom. The fraction of sp³-hybridized carbons (Fsp3) is 0.188. The summed E-state index contributed by atoms with van der Waals surface area (Å²) < 4.78 is 14.9. The lowest BCUT2D eigenvalue weighted by molar-refractivity contribution is 0.0958. The molecule has 0 atom stereocenters. The number of terminal acetylenes is 1. The van der Waals surface area contributed by atoms with Gasteiger partial charge in [-0.1, -0.05) is 5.92 Å². The molecule has 4 heteroatoms. The monoisotopic (exact) mass is 270 g/mol. The van der Waals surface area contributed by atoms with E-state index in [0.29, 0.717) is 5.56 Å². The van der Waals surface area contributed by atoms with E-state index in [1.165, 1.54) is 12.1 Å². The van der Waals surface area contributed by atoms with Gasteiger partial charge in [0.1, 0.15) is 5.82 Å². The van der Waals surface area contributed by atoms with E-state index in [4.69, 9.17) is 6.42 Å². The Morgan fingerprint density at radius 1 is 1.35 bits per heavy atom. The van der Waals surface area contributed by atoms with Gasteiger partial charge in [0.15, 0.2) is 0 Å². The van der Waals surface area contributed by atoms with Gasteiger partial charge in [-0.15, -0.1) is 6.42 Å². The van der Waals surface area contributed by atoms with Crippen LogP contribution in [0.25, 0.3) is 5.69 Å². The number of hydrogen-bond donors (Lipinski definition) is 1. The van der Waals surface area contributed by atoms with Crippen LogP contribution in [0.15, 0.2) is 30.3 Å². The quantitative estimate of drug-likeness (QED) is 0.855. The van der Waals surface area contributed by atoms with Crippen LogP contribution in [0.5, 0.6) is 0 Å². The Morgan fingerprint density at radius 3 is 2.60 bits per heavy atom. The normalized spacial score (nSPS) is 10.1. The third kappa shape index (κ3) is 2.57. The molecule has 0 radical (unpaired) electrons. The summed E-state index contributed by atoms with van der Waals surface area (Å²) in [5.41, 5.74) is 3.09. The van der Waals surface area contributed by atoms with E-state index in [0.717, 1.165) is 17.1 Å². The van der Waals surface area contributed by atoms with Crippen molar-refractivity contribution in [2.45, 2.75) is 13.8 Å². The predicted molar refractivity (Wildman–Crippen MR) is 76.4 cm³/mol. The first-order valence-corrected chi connectivity index (χ1v) is 6.21. The second kappa shape index (κ2) is 5.62. The summed E-state index contributed by atoms with van der Waals surface area (Å²) in [6.45, 7) is 3.94. The van der Waals surface area contributed by atoms with Crippen molar-refractivity contribution in [3.05, 3.63) is 53.1 Å². The van der Waals surface area contributed by atoms with Crippen molar-refractivity contribution >= 4 is 5.91 Å². The van der Waals surface area contributed by atoms with Crippen LogP contribution in [-0.2, 0) is 0 Å². The highest BCUT2D eigenvalue weighted by atomic mass is 19.1. The van der Waals surface area contributed by atoms with Gasteiger partial charge in [-0.3, -0.25) is 4.79 Å². The number of rotatable bonds is 3. The number of nitrogens with zero attached hydrogens (tertiary/aromatic N) is 1. The van der Waals surface area contributed by atoms with E-state index in [1.807, 2.05) is 18.4 Å². The van der Waals surface area contributed by atoms with Crippen molar-refractivity contribution in [2.24, 2.45) is 0 Å². The van der Waals surface area contributed by atoms with Gasteiger partial charge < -0.3 is 9.88 Å². The molecule has 0 unspecified atom stereocenters. The lowest BCUT2D eigenvalue weighted by atomic mass is 10.2. The van der Waals surface area contributed by atoms with E-state index in [9.17, 15) is 9.18 Å². The van der Waals surface area contributed by atoms with E-state index in [-0.39, 0.29) is 18.3 Å². The number of benzene rings is 1. The predicted octanol–water partition coefficient (Wildman–Crippen LogP) is 2.60. The zero-order valence-electron chi connectivity index (χ0n) is 11.4. The molecule has 2 rings (SSSR count). The summed E-state index contributed by atoms with van der Waals surface area (Å²) in [4.78, 5) is 12.0. The summed E-state index contributed by atoms with van der Waals surface area (Å²) in [5, 5.41) is 2.64. The van der Waals surface area contributed by atoms with E-state index >= 15 is 0 Å². The van der Waals surface area contributed by atoms with Crippen molar-refractivity contribution in [2.75, 3.05) is 6.54 Å². The van der Waals surface area contributed by atoms with Gasteiger partial charge in [0.25, 0.3) is 5.91 Å². The molecular weight excluding hydrogens is 255 g/mol. The third-order valence-corrected chi connectivity index (χ3v) is 3.11. The first-order valence-electron chi connectivity index (χ1n) is 6.21. The fourth-order valence-electron chi connectivity index (χ4n) is 2.21. The standard InChI is InChI=1S/C16H15FN2O/c1-4-9-18-16(20)15-10-11(2)19(12(15)3)14-7-5-13(17)6-8-14/h1,5-8,10H,9H2,2-3H3,(H,18,20). The van der Waals surface area contributed by atoms with Crippen LogP contribution < -0.4 is 5.32 Å². The van der Waals surface area contributed by atoms with Crippen molar-refractivity contribution in [1.82, 2.24) is 9.88 Å². The highest BCUT2D eigenvalue weighted by Crippen LogP contribution is 2.21. The zero-order valence-corrected chi connectivity index (χ0v) is 11.4. The summed E-state index contributed by atoms with van der Waals surface area (Å²) in [6.07, 6.45) is 5.13. The van der Waals surface area contributed by atoms with Crippen LogP contribution in [0.1, 0.15) is 21.7 Å². The van der Waals surface area contributed by atoms with Crippen LogP contribution in [0, 0.1) is 32.0 Å². The Kier molecular flexibility index (Phi) is 3.90. The SMILES string of the molecule is C#CCNC(=O)c1cc(C)n(-c2ccc(F)cc2)c1C. The minimum absolute atomic E-state index is 0.194. The molecule has 0 saturated carbocycles. The number of aryl methyl sites for hydroxylation is 1.